The molecular weight excluding hydrogens is 376 g/mol. The molecule has 0 aromatic carbocycles. The van der Waals surface area contributed by atoms with Crippen LogP contribution in [0, 0.1) is 0 Å². The van der Waals surface area contributed by atoms with Crippen molar-refractivity contribution in [3.63, 3.8) is 0 Å². The molecule has 8 heteroatoms. The Labute approximate surface area is 148 Å². The zero-order valence-electron chi connectivity index (χ0n) is 13.5. The van der Waals surface area contributed by atoms with Crippen LogP contribution in [0.15, 0.2) is 21.7 Å². The van der Waals surface area contributed by atoms with Crippen molar-refractivity contribution < 1.29 is 9.59 Å². The summed E-state index contributed by atoms with van der Waals surface area (Å²) in [5.74, 6) is -0.0185. The van der Waals surface area contributed by atoms with Crippen LogP contribution in [0.25, 0.3) is 0 Å². The fourth-order valence-corrected chi connectivity index (χ4v) is 3.56. The van der Waals surface area contributed by atoms with Crippen LogP contribution in [-0.2, 0) is 11.3 Å². The Bertz CT molecular complexity index is 714. The highest BCUT2D eigenvalue weighted by Crippen LogP contribution is 2.28. The minimum atomic E-state index is -0.526. The number of hydrogen-bond donors (Lipinski definition) is 2. The average Bonchev–Trinajstić information content (AvgIpc) is 2.83. The number of pyridine rings is 1. The summed E-state index contributed by atoms with van der Waals surface area (Å²) >= 11 is 3.20. The summed E-state index contributed by atoms with van der Waals surface area (Å²) in [5.41, 5.74) is -0.103. The van der Waals surface area contributed by atoms with Gasteiger partial charge in [0.25, 0.3) is 0 Å². The first kappa shape index (κ1) is 17.0. The minimum Gasteiger partial charge on any atom is -0.351 e. The molecule has 3 amide bonds. The lowest BCUT2D eigenvalue weighted by Crippen LogP contribution is -2.47. The van der Waals surface area contributed by atoms with Gasteiger partial charge in [0.2, 0.25) is 11.3 Å². The van der Waals surface area contributed by atoms with E-state index in [0.717, 1.165) is 12.8 Å². The number of halogens is 1. The SMILES string of the molecule is CCn1cc(Br)c(=O)c(NC(=O)NC2CCN(C3CCC3)C2=O)c1. The van der Waals surface area contributed by atoms with Gasteiger partial charge >= 0.3 is 6.03 Å². The Morgan fingerprint density at radius 1 is 1.29 bits per heavy atom. The van der Waals surface area contributed by atoms with Gasteiger partial charge in [0.05, 0.1) is 4.47 Å². The van der Waals surface area contributed by atoms with Gasteiger partial charge in [-0.25, -0.2) is 4.79 Å². The van der Waals surface area contributed by atoms with E-state index < -0.39 is 12.1 Å². The lowest BCUT2D eigenvalue weighted by molar-refractivity contribution is -0.132. The lowest BCUT2D eigenvalue weighted by Gasteiger charge is -2.34. The third-order valence-corrected chi connectivity index (χ3v) is 5.27. The summed E-state index contributed by atoms with van der Waals surface area (Å²) < 4.78 is 2.18. The topological polar surface area (TPSA) is 83.4 Å². The van der Waals surface area contributed by atoms with Crippen LogP contribution in [0.3, 0.4) is 0 Å². The molecule has 1 atom stereocenters. The number of carbonyl (C=O) groups excluding carboxylic acids is 2. The monoisotopic (exact) mass is 396 g/mol. The van der Waals surface area contributed by atoms with Gasteiger partial charge in [0.1, 0.15) is 11.7 Å². The van der Waals surface area contributed by atoms with Crippen LogP contribution >= 0.6 is 15.9 Å². The summed E-state index contributed by atoms with van der Waals surface area (Å²) in [7, 11) is 0. The fraction of sp³-hybridized carbons (Fsp3) is 0.562. The van der Waals surface area contributed by atoms with Gasteiger partial charge in [0, 0.05) is 31.5 Å². The van der Waals surface area contributed by atoms with E-state index in [1.54, 1.807) is 17.0 Å². The largest absolute Gasteiger partial charge is 0.351 e. The number of urea groups is 1. The molecule has 130 valence electrons. The molecular formula is C16H21BrN4O3. The van der Waals surface area contributed by atoms with E-state index in [9.17, 15) is 14.4 Å². The zero-order chi connectivity index (χ0) is 17.3. The van der Waals surface area contributed by atoms with E-state index in [-0.39, 0.29) is 17.0 Å². The third kappa shape index (κ3) is 3.33. The lowest BCUT2D eigenvalue weighted by atomic mass is 9.92. The number of carbonyl (C=O) groups is 2. The van der Waals surface area contributed by atoms with Crippen molar-refractivity contribution in [2.24, 2.45) is 0 Å². The summed E-state index contributed by atoms with van der Waals surface area (Å²) in [4.78, 5) is 38.5. The van der Waals surface area contributed by atoms with Gasteiger partial charge < -0.3 is 20.1 Å². The van der Waals surface area contributed by atoms with E-state index in [1.807, 2.05) is 11.8 Å². The van der Waals surface area contributed by atoms with Crippen molar-refractivity contribution in [1.82, 2.24) is 14.8 Å². The Kier molecular flexibility index (Phi) is 4.93. The van der Waals surface area contributed by atoms with Crippen molar-refractivity contribution in [3.8, 4) is 0 Å². The molecule has 2 heterocycles. The summed E-state index contributed by atoms with van der Waals surface area (Å²) in [6.07, 6.45) is 7.14. The maximum Gasteiger partial charge on any atom is 0.320 e. The highest BCUT2D eigenvalue weighted by Gasteiger charge is 2.38. The summed E-state index contributed by atoms with van der Waals surface area (Å²) in [5, 5.41) is 5.25. The number of amides is 3. The molecule has 1 saturated carbocycles. The number of likely N-dealkylation sites (tertiary alicyclic amines) is 1. The first-order valence-corrected chi connectivity index (χ1v) is 9.06. The van der Waals surface area contributed by atoms with Crippen molar-refractivity contribution in [3.05, 3.63) is 27.1 Å². The van der Waals surface area contributed by atoms with Crippen LogP contribution in [0.2, 0.25) is 0 Å². The standard InChI is InChI=1S/C16H21BrN4O3/c1-2-20-8-11(17)14(22)13(9-20)19-16(24)18-12-6-7-21(15(12)23)10-4-3-5-10/h8-10,12H,2-7H2,1H3,(H2,18,19,24). The number of aryl methyl sites for hydroxylation is 1. The summed E-state index contributed by atoms with van der Waals surface area (Å²) in [6.45, 7) is 3.30. The van der Waals surface area contributed by atoms with Gasteiger partial charge in [-0.1, -0.05) is 0 Å². The Morgan fingerprint density at radius 3 is 2.67 bits per heavy atom. The van der Waals surface area contributed by atoms with Gasteiger partial charge in [-0.3, -0.25) is 9.59 Å². The Hall–Kier alpha value is -1.83. The summed E-state index contributed by atoms with van der Waals surface area (Å²) in [6, 6.07) is -0.693. The second kappa shape index (κ2) is 6.96. The van der Waals surface area contributed by atoms with Crippen molar-refractivity contribution in [1.29, 1.82) is 0 Å². The molecule has 0 bridgehead atoms. The quantitative estimate of drug-likeness (QED) is 0.814. The van der Waals surface area contributed by atoms with Crippen molar-refractivity contribution in [2.45, 2.75) is 51.2 Å². The van der Waals surface area contributed by atoms with Gasteiger partial charge in [-0.15, -0.1) is 0 Å². The van der Waals surface area contributed by atoms with Gasteiger partial charge in [-0.05, 0) is 48.5 Å². The molecule has 1 aliphatic carbocycles. The molecule has 1 unspecified atom stereocenters. The molecule has 2 N–H and O–H groups in total. The normalized spacial score (nSPS) is 20.8. The van der Waals surface area contributed by atoms with E-state index in [0.29, 0.717) is 30.0 Å². The molecule has 1 saturated heterocycles. The predicted octanol–water partition coefficient (Wildman–Crippen LogP) is 1.91. The number of rotatable bonds is 4. The first-order valence-electron chi connectivity index (χ1n) is 8.27. The maximum absolute atomic E-state index is 12.4. The minimum absolute atomic E-state index is 0.0185. The number of anilines is 1. The third-order valence-electron chi connectivity index (χ3n) is 4.71. The van der Waals surface area contributed by atoms with E-state index in [4.69, 9.17) is 0 Å². The molecule has 0 spiro atoms. The van der Waals surface area contributed by atoms with Gasteiger partial charge in [0.15, 0.2) is 0 Å². The number of hydrogen-bond acceptors (Lipinski definition) is 3. The molecule has 2 fully saturated rings. The number of nitrogens with one attached hydrogen (secondary N) is 2. The average molecular weight is 397 g/mol. The van der Waals surface area contributed by atoms with E-state index in [2.05, 4.69) is 26.6 Å². The van der Waals surface area contributed by atoms with Crippen LogP contribution in [0.5, 0.6) is 0 Å². The highest BCUT2D eigenvalue weighted by molar-refractivity contribution is 9.10. The van der Waals surface area contributed by atoms with Crippen LogP contribution in [-0.4, -0.2) is 40.0 Å². The van der Waals surface area contributed by atoms with E-state index >= 15 is 0 Å². The smallest absolute Gasteiger partial charge is 0.320 e. The van der Waals surface area contributed by atoms with Crippen molar-refractivity contribution >= 4 is 33.6 Å². The molecule has 1 aromatic heterocycles. The molecule has 0 radical (unpaired) electrons. The van der Waals surface area contributed by atoms with Gasteiger partial charge in [-0.2, -0.15) is 0 Å². The first-order chi connectivity index (χ1) is 11.5. The molecule has 3 rings (SSSR count). The molecule has 1 aliphatic heterocycles. The Morgan fingerprint density at radius 2 is 2.04 bits per heavy atom. The zero-order valence-corrected chi connectivity index (χ0v) is 15.1. The molecule has 2 aliphatic rings. The van der Waals surface area contributed by atoms with Crippen LogP contribution in [0.1, 0.15) is 32.6 Å². The predicted molar refractivity (Wildman–Crippen MR) is 94.0 cm³/mol. The van der Waals surface area contributed by atoms with E-state index in [1.165, 1.54) is 6.42 Å². The second-order valence-electron chi connectivity index (χ2n) is 6.24. The number of nitrogens with zero attached hydrogens (tertiary/aromatic N) is 2. The molecule has 24 heavy (non-hydrogen) atoms. The molecule has 7 nitrogen and oxygen atoms in total. The van der Waals surface area contributed by atoms with Crippen molar-refractivity contribution in [2.75, 3.05) is 11.9 Å². The van der Waals surface area contributed by atoms with Crippen LogP contribution < -0.4 is 16.1 Å². The second-order valence-corrected chi connectivity index (χ2v) is 7.09. The van der Waals surface area contributed by atoms with Crippen LogP contribution in [0.4, 0.5) is 10.5 Å². The molecule has 1 aromatic rings. The Balaban J connectivity index is 1.63. The fourth-order valence-electron chi connectivity index (χ4n) is 3.08. The number of aromatic nitrogens is 1. The maximum atomic E-state index is 12.4. The highest BCUT2D eigenvalue weighted by atomic mass is 79.9.